The lowest BCUT2D eigenvalue weighted by molar-refractivity contribution is 0.660. The third-order valence-corrected chi connectivity index (χ3v) is 16.5. The van der Waals surface area contributed by atoms with E-state index in [0.29, 0.717) is 0 Å². The molecule has 0 unspecified atom stereocenters. The minimum Gasteiger partial charge on any atom is -0.456 e. The molecule has 0 amide bonds. The summed E-state index contributed by atoms with van der Waals surface area (Å²) in [6.07, 6.45) is 0. The quantitative estimate of drug-likeness (QED) is 0.177. The summed E-state index contributed by atoms with van der Waals surface area (Å²) in [5, 5.41) is 4.80. The molecule has 62 heavy (non-hydrogen) atoms. The second kappa shape index (κ2) is 12.4. The number of fused-ring (bicyclic) bond motifs is 18. The Morgan fingerprint density at radius 3 is 1.87 bits per heavy atom. The number of rotatable bonds is 3. The molecule has 1 aliphatic heterocycles. The van der Waals surface area contributed by atoms with Gasteiger partial charge in [0.15, 0.2) is 0 Å². The highest BCUT2D eigenvalue weighted by atomic mass is 32.2. The van der Waals surface area contributed by atoms with Crippen LogP contribution in [-0.2, 0) is 10.8 Å². The topological polar surface area (TPSA) is 16.4 Å². The van der Waals surface area contributed by atoms with Crippen molar-refractivity contribution in [1.82, 2.24) is 0 Å². The predicted octanol–water partition coefficient (Wildman–Crippen LogP) is 16.6. The van der Waals surface area contributed by atoms with Crippen LogP contribution in [0.5, 0.6) is 0 Å². The fourth-order valence-corrected chi connectivity index (χ4v) is 13.9. The zero-order valence-electron chi connectivity index (χ0n) is 34.1. The number of hydrogen-bond donors (Lipinski definition) is 0. The highest BCUT2D eigenvalue weighted by Crippen LogP contribution is 2.63. The van der Waals surface area contributed by atoms with Gasteiger partial charge in [-0.05, 0) is 116 Å². The van der Waals surface area contributed by atoms with E-state index in [1.807, 2.05) is 23.1 Å². The third-order valence-electron chi connectivity index (χ3n) is 14.1. The summed E-state index contributed by atoms with van der Waals surface area (Å²) in [6.45, 7) is 4.74. The van der Waals surface area contributed by atoms with E-state index in [-0.39, 0.29) is 5.41 Å². The SMILES string of the molecule is CC1(C)c2ccccc2-c2ccc(N(c3cccc4c3sc3ccccc34)c3cccc4oc5cc6c(cc5c34)-c3ccccc3C63c4ccccc4Sc4ccccc43)cc21. The second-order valence-electron chi connectivity index (χ2n) is 17.5. The molecule has 0 N–H and O–H groups in total. The summed E-state index contributed by atoms with van der Waals surface area (Å²) in [7, 11) is 0. The molecule has 11 aromatic rings. The van der Waals surface area contributed by atoms with E-state index in [1.54, 1.807) is 0 Å². The predicted molar refractivity (Wildman–Crippen MR) is 260 cm³/mol. The highest BCUT2D eigenvalue weighted by molar-refractivity contribution is 7.99. The smallest absolute Gasteiger partial charge is 0.137 e. The van der Waals surface area contributed by atoms with Crippen LogP contribution in [0.25, 0.3) is 64.4 Å². The molecule has 0 radical (unpaired) electrons. The summed E-state index contributed by atoms with van der Waals surface area (Å²) >= 11 is 3.75. The lowest BCUT2D eigenvalue weighted by atomic mass is 9.67. The molecule has 2 aliphatic carbocycles. The van der Waals surface area contributed by atoms with Crippen LogP contribution in [0.15, 0.2) is 202 Å². The summed E-state index contributed by atoms with van der Waals surface area (Å²) in [5.41, 5.74) is 17.7. The molecule has 14 rings (SSSR count). The van der Waals surface area contributed by atoms with Crippen LogP contribution in [0.4, 0.5) is 17.1 Å². The largest absolute Gasteiger partial charge is 0.456 e. The molecule has 1 spiro atoms. The molecule has 0 atom stereocenters. The van der Waals surface area contributed by atoms with Crippen LogP contribution in [0, 0.1) is 0 Å². The summed E-state index contributed by atoms with van der Waals surface area (Å²) in [5.74, 6) is 0. The van der Waals surface area contributed by atoms with Crippen molar-refractivity contribution in [2.75, 3.05) is 4.90 Å². The van der Waals surface area contributed by atoms with Crippen molar-refractivity contribution in [3.8, 4) is 22.3 Å². The van der Waals surface area contributed by atoms with E-state index in [0.717, 1.165) is 39.0 Å². The summed E-state index contributed by atoms with van der Waals surface area (Å²) < 4.78 is 9.67. The highest BCUT2D eigenvalue weighted by Gasteiger charge is 2.50. The molecule has 3 aliphatic rings. The van der Waals surface area contributed by atoms with Crippen molar-refractivity contribution >= 4 is 82.3 Å². The van der Waals surface area contributed by atoms with E-state index < -0.39 is 5.41 Å². The molecule has 0 saturated heterocycles. The Morgan fingerprint density at radius 2 is 1.06 bits per heavy atom. The van der Waals surface area contributed by atoms with Gasteiger partial charge in [0.05, 0.1) is 26.9 Å². The van der Waals surface area contributed by atoms with Gasteiger partial charge in [0.2, 0.25) is 0 Å². The van der Waals surface area contributed by atoms with E-state index in [9.17, 15) is 0 Å². The van der Waals surface area contributed by atoms with Crippen molar-refractivity contribution in [2.45, 2.75) is 34.5 Å². The van der Waals surface area contributed by atoms with Crippen LogP contribution in [-0.4, -0.2) is 0 Å². The number of anilines is 3. The van der Waals surface area contributed by atoms with Crippen LogP contribution in [0.1, 0.15) is 47.2 Å². The van der Waals surface area contributed by atoms with Gasteiger partial charge in [-0.25, -0.2) is 0 Å². The molecule has 0 fully saturated rings. The Morgan fingerprint density at radius 1 is 0.435 bits per heavy atom. The first-order valence-corrected chi connectivity index (χ1v) is 23.0. The Balaban J connectivity index is 1.06. The van der Waals surface area contributed by atoms with Crippen molar-refractivity contribution in [1.29, 1.82) is 0 Å². The van der Waals surface area contributed by atoms with Crippen LogP contribution in [0.3, 0.4) is 0 Å². The monoisotopic (exact) mass is 827 g/mol. The Hall–Kier alpha value is -6.85. The van der Waals surface area contributed by atoms with E-state index in [4.69, 9.17) is 4.42 Å². The maximum absolute atomic E-state index is 7.10. The van der Waals surface area contributed by atoms with Crippen molar-refractivity contribution < 1.29 is 4.42 Å². The average molecular weight is 828 g/mol. The Labute approximate surface area is 367 Å². The minimum atomic E-state index is -0.474. The fourth-order valence-electron chi connectivity index (χ4n) is 11.5. The molecule has 2 nitrogen and oxygen atoms in total. The number of benzene rings is 9. The summed E-state index contributed by atoms with van der Waals surface area (Å²) in [4.78, 5) is 5.11. The zero-order chi connectivity index (χ0) is 40.9. The molecular weight excluding hydrogens is 791 g/mol. The van der Waals surface area contributed by atoms with Crippen LogP contribution >= 0.6 is 23.1 Å². The first kappa shape index (κ1) is 34.8. The van der Waals surface area contributed by atoms with E-state index >= 15 is 0 Å². The lowest BCUT2D eigenvalue weighted by Gasteiger charge is -2.39. The average Bonchev–Trinajstić information content (AvgIpc) is 4.02. The second-order valence-corrected chi connectivity index (χ2v) is 19.7. The van der Waals surface area contributed by atoms with Crippen molar-refractivity contribution in [3.05, 3.63) is 221 Å². The fraction of sp³-hybridized carbons (Fsp3) is 0.0690. The Kier molecular flexibility index (Phi) is 6.95. The van der Waals surface area contributed by atoms with Gasteiger partial charge in [-0.15, -0.1) is 11.3 Å². The van der Waals surface area contributed by atoms with Gasteiger partial charge in [0.1, 0.15) is 11.2 Å². The molecule has 0 bridgehead atoms. The standard InChI is InChI=1S/C58H37NOS2/c1-57(2)42-19-6-3-15-35(42)37-30-29-34(31-46(37)57)59(49-24-13-18-39-38-17-5-10-26-52(38)62-56(39)49)48-23-14-25-50-55(48)41-32-40-36-16-4-7-20-43(36)58(47(40)33-51(41)60-50)44-21-8-11-27-53(44)61-54-28-12-9-22-45(54)58/h3-33H,1-2H3. The van der Waals surface area contributed by atoms with Gasteiger partial charge in [-0.3, -0.25) is 0 Å². The molecule has 0 saturated carbocycles. The number of thiophene rings is 1. The first-order chi connectivity index (χ1) is 30.5. The number of nitrogens with zero attached hydrogens (tertiary/aromatic N) is 1. The summed E-state index contributed by atoms with van der Waals surface area (Å²) in [6, 6.07) is 70.2. The van der Waals surface area contributed by atoms with E-state index in [1.165, 1.54) is 85.6 Å². The van der Waals surface area contributed by atoms with Gasteiger partial charge in [0.25, 0.3) is 0 Å². The Bertz CT molecular complexity index is 3690. The first-order valence-electron chi connectivity index (χ1n) is 21.4. The molecule has 2 aromatic heterocycles. The molecule has 3 heterocycles. The van der Waals surface area contributed by atoms with Gasteiger partial charge in [-0.2, -0.15) is 0 Å². The third kappa shape index (κ3) is 4.40. The van der Waals surface area contributed by atoms with Gasteiger partial charge in [0, 0.05) is 41.8 Å². The van der Waals surface area contributed by atoms with Gasteiger partial charge in [-0.1, -0.05) is 153 Å². The van der Waals surface area contributed by atoms with Crippen molar-refractivity contribution in [2.24, 2.45) is 0 Å². The molecule has 292 valence electrons. The molecule has 9 aromatic carbocycles. The number of furan rings is 1. The lowest BCUT2D eigenvalue weighted by Crippen LogP contribution is -2.31. The number of hydrogen-bond acceptors (Lipinski definition) is 4. The molecular formula is C58H37NOS2. The normalized spacial score (nSPS) is 14.8. The van der Waals surface area contributed by atoms with Gasteiger partial charge < -0.3 is 9.32 Å². The van der Waals surface area contributed by atoms with Crippen LogP contribution in [0.2, 0.25) is 0 Å². The minimum absolute atomic E-state index is 0.148. The zero-order valence-corrected chi connectivity index (χ0v) is 35.7. The maximum atomic E-state index is 7.10. The van der Waals surface area contributed by atoms with E-state index in [2.05, 4.69) is 207 Å². The maximum Gasteiger partial charge on any atom is 0.137 e. The van der Waals surface area contributed by atoms with Crippen molar-refractivity contribution in [3.63, 3.8) is 0 Å². The van der Waals surface area contributed by atoms with Gasteiger partial charge >= 0.3 is 0 Å². The molecule has 4 heteroatoms. The van der Waals surface area contributed by atoms with Crippen LogP contribution < -0.4 is 4.90 Å².